The maximum absolute atomic E-state index is 12.8. The van der Waals surface area contributed by atoms with Crippen LogP contribution in [0.2, 0.25) is 0 Å². The van der Waals surface area contributed by atoms with Crippen LogP contribution in [0.3, 0.4) is 0 Å². The van der Waals surface area contributed by atoms with Crippen molar-refractivity contribution in [1.82, 2.24) is 40.0 Å². The summed E-state index contributed by atoms with van der Waals surface area (Å²) in [6.07, 6.45) is 10.7. The topological polar surface area (TPSA) is 166 Å². The highest BCUT2D eigenvalue weighted by molar-refractivity contribution is 5.50. The molecule has 0 saturated carbocycles. The lowest BCUT2D eigenvalue weighted by Crippen LogP contribution is -2.34. The molecule has 0 spiro atoms. The van der Waals surface area contributed by atoms with Gasteiger partial charge < -0.3 is 24.8 Å². The molecule has 7 rings (SSSR count). The van der Waals surface area contributed by atoms with Gasteiger partial charge in [-0.1, -0.05) is 18.1 Å². The number of aromatic nitrogens is 6. The predicted octanol–water partition coefficient (Wildman–Crippen LogP) is 2.69. The quantitative estimate of drug-likeness (QED) is 0.0740. The standard InChI is InChI=1S/C35H38N10O4/c1-3-26-4-6-27(7-5-26)35(22-43-24-36-23-39-43)48-21-32(49-35)20-47-31-14-10-29(11-15-31)38-18-17-37-28-8-12-30(13-9-28)44-25-40-45(33(44)46)19-16-34(2)41-42-34/h1,4-15,23-25,32,37-38,41-42H,16-22H2,2H3/t32-,35-/m1/s1. The van der Waals surface area contributed by atoms with Gasteiger partial charge in [0, 0.05) is 48.6 Å². The number of nitrogens with one attached hydrogen (secondary N) is 4. The fourth-order valence-electron chi connectivity index (χ4n) is 5.56. The molecule has 2 fully saturated rings. The molecule has 5 aromatic rings. The lowest BCUT2D eigenvalue weighted by molar-refractivity contribution is -0.190. The summed E-state index contributed by atoms with van der Waals surface area (Å²) in [6, 6.07) is 23.1. The Kier molecular flexibility index (Phi) is 9.14. The van der Waals surface area contributed by atoms with Crippen LogP contribution in [0.15, 0.2) is 96.6 Å². The molecule has 0 bridgehead atoms. The molecule has 4 N–H and O–H groups in total. The minimum absolute atomic E-state index is 0.112. The van der Waals surface area contributed by atoms with E-state index in [9.17, 15) is 4.79 Å². The Morgan fingerprint density at radius 2 is 1.69 bits per heavy atom. The largest absolute Gasteiger partial charge is 0.491 e. The lowest BCUT2D eigenvalue weighted by Gasteiger charge is -2.28. The van der Waals surface area contributed by atoms with Gasteiger partial charge in [0.05, 0.1) is 18.0 Å². The number of hydrogen-bond acceptors (Lipinski definition) is 11. The van der Waals surface area contributed by atoms with Crippen LogP contribution >= 0.6 is 0 Å². The van der Waals surface area contributed by atoms with Crippen molar-refractivity contribution >= 4 is 11.4 Å². The number of benzene rings is 3. The van der Waals surface area contributed by atoms with Crippen LogP contribution in [0.5, 0.6) is 5.75 Å². The normalized spacial score (nSPS) is 19.3. The average Bonchev–Trinajstić information content (AvgIpc) is 3.47. The predicted molar refractivity (Wildman–Crippen MR) is 183 cm³/mol. The van der Waals surface area contributed by atoms with Crippen LogP contribution in [-0.4, -0.2) is 67.2 Å². The Labute approximate surface area is 283 Å². The Morgan fingerprint density at radius 1 is 0.980 bits per heavy atom. The molecule has 14 nitrogen and oxygen atoms in total. The van der Waals surface area contributed by atoms with Crippen molar-refractivity contribution in [2.24, 2.45) is 0 Å². The molecular formula is C35H38N10O4. The fourth-order valence-corrected chi connectivity index (χ4v) is 5.56. The molecule has 0 unspecified atom stereocenters. The first kappa shape index (κ1) is 32.1. The second-order valence-corrected chi connectivity index (χ2v) is 12.2. The smallest absolute Gasteiger partial charge is 0.350 e. The number of ether oxygens (including phenoxy) is 3. The molecule has 0 radical (unpaired) electrons. The molecule has 252 valence electrons. The summed E-state index contributed by atoms with van der Waals surface area (Å²) in [5.41, 5.74) is 10.2. The molecule has 0 aliphatic carbocycles. The van der Waals surface area contributed by atoms with Crippen molar-refractivity contribution in [2.75, 3.05) is 36.9 Å². The first-order chi connectivity index (χ1) is 23.9. The Hall–Kier alpha value is -5.46. The molecule has 2 atom stereocenters. The van der Waals surface area contributed by atoms with Gasteiger partial charge >= 0.3 is 5.69 Å². The van der Waals surface area contributed by atoms with Gasteiger partial charge in [0.1, 0.15) is 44.0 Å². The van der Waals surface area contributed by atoms with Crippen LogP contribution in [0, 0.1) is 12.3 Å². The van der Waals surface area contributed by atoms with Gasteiger partial charge in [0.2, 0.25) is 5.79 Å². The van der Waals surface area contributed by atoms with E-state index in [2.05, 4.69) is 42.6 Å². The second-order valence-electron chi connectivity index (χ2n) is 12.2. The molecule has 49 heavy (non-hydrogen) atoms. The zero-order valence-corrected chi connectivity index (χ0v) is 27.1. The van der Waals surface area contributed by atoms with E-state index in [-0.39, 0.29) is 17.5 Å². The van der Waals surface area contributed by atoms with E-state index in [0.717, 1.165) is 40.4 Å². The Morgan fingerprint density at radius 3 is 2.35 bits per heavy atom. The summed E-state index contributed by atoms with van der Waals surface area (Å²) < 4.78 is 23.5. The van der Waals surface area contributed by atoms with Crippen LogP contribution in [0.1, 0.15) is 24.5 Å². The van der Waals surface area contributed by atoms with Gasteiger partial charge in [-0.2, -0.15) is 10.2 Å². The molecule has 0 amide bonds. The van der Waals surface area contributed by atoms with E-state index in [4.69, 9.17) is 20.6 Å². The zero-order valence-electron chi connectivity index (χ0n) is 27.1. The van der Waals surface area contributed by atoms with Gasteiger partial charge in [0.25, 0.3) is 0 Å². The lowest BCUT2D eigenvalue weighted by atomic mass is 10.0. The molecule has 2 aliphatic heterocycles. The monoisotopic (exact) mass is 662 g/mol. The summed E-state index contributed by atoms with van der Waals surface area (Å²) in [6.45, 7) is 5.01. The number of hydrogen-bond donors (Lipinski definition) is 4. The second kappa shape index (κ2) is 14.0. The van der Waals surface area contributed by atoms with Crippen LogP contribution < -0.4 is 31.9 Å². The van der Waals surface area contributed by atoms with Gasteiger partial charge in [-0.25, -0.2) is 34.6 Å². The van der Waals surface area contributed by atoms with Crippen LogP contribution in [-0.2, 0) is 28.4 Å². The highest BCUT2D eigenvalue weighted by atomic mass is 16.8. The van der Waals surface area contributed by atoms with Crippen LogP contribution in [0.4, 0.5) is 11.4 Å². The van der Waals surface area contributed by atoms with Crippen molar-refractivity contribution in [3.63, 3.8) is 0 Å². The molecule has 4 heterocycles. The van der Waals surface area contributed by atoms with Gasteiger partial charge in [-0.3, -0.25) is 0 Å². The molecule has 14 heteroatoms. The maximum atomic E-state index is 12.8. The number of aryl methyl sites for hydroxylation is 1. The molecule has 2 saturated heterocycles. The Bertz CT molecular complexity index is 1930. The highest BCUT2D eigenvalue weighted by Gasteiger charge is 2.44. The summed E-state index contributed by atoms with van der Waals surface area (Å²) >= 11 is 0. The Balaban J connectivity index is 0.855. The molecule has 2 aliphatic rings. The molecule has 2 aromatic heterocycles. The number of rotatable bonds is 15. The van der Waals surface area contributed by atoms with Crippen molar-refractivity contribution in [3.05, 3.63) is 113 Å². The zero-order chi connectivity index (χ0) is 33.7. The van der Waals surface area contributed by atoms with E-state index in [1.807, 2.05) is 79.7 Å². The van der Waals surface area contributed by atoms with E-state index >= 15 is 0 Å². The number of anilines is 2. The van der Waals surface area contributed by atoms with Gasteiger partial charge in [-0.15, -0.1) is 6.42 Å². The van der Waals surface area contributed by atoms with E-state index in [1.54, 1.807) is 21.9 Å². The van der Waals surface area contributed by atoms with Crippen LogP contribution in [0.25, 0.3) is 5.69 Å². The van der Waals surface area contributed by atoms with E-state index in [1.165, 1.54) is 11.0 Å². The van der Waals surface area contributed by atoms with Gasteiger partial charge in [-0.05, 0) is 67.6 Å². The SMILES string of the molecule is C#Cc1ccc([C@]2(Cn3cncn3)OC[C@@H](COc3ccc(NCCNc4ccc(-n5cnn(CCC6(C)NN6)c5=O)cc4)cc3)O2)cc1. The molecular weight excluding hydrogens is 624 g/mol. The number of terminal acetylenes is 1. The first-order valence-electron chi connectivity index (χ1n) is 16.1. The van der Waals surface area contributed by atoms with Crippen molar-refractivity contribution in [1.29, 1.82) is 0 Å². The summed E-state index contributed by atoms with van der Waals surface area (Å²) in [5.74, 6) is 2.34. The molecule has 3 aromatic carbocycles. The summed E-state index contributed by atoms with van der Waals surface area (Å²) in [7, 11) is 0. The van der Waals surface area contributed by atoms with Crippen molar-refractivity contribution in [3.8, 4) is 23.8 Å². The maximum Gasteiger partial charge on any atom is 0.350 e. The number of hydrazine groups is 1. The van der Waals surface area contributed by atoms with Crippen molar-refractivity contribution in [2.45, 2.75) is 44.0 Å². The third kappa shape index (κ3) is 7.66. The third-order valence-electron chi connectivity index (χ3n) is 8.52. The highest BCUT2D eigenvalue weighted by Crippen LogP contribution is 2.36. The van der Waals surface area contributed by atoms with Crippen molar-refractivity contribution < 1.29 is 14.2 Å². The number of nitrogens with zero attached hydrogens (tertiary/aromatic N) is 6. The average molecular weight is 663 g/mol. The summed E-state index contributed by atoms with van der Waals surface area (Å²) in [5, 5.41) is 15.3. The fraction of sp³-hybridized carbons (Fsp3) is 0.314. The minimum Gasteiger partial charge on any atom is -0.491 e. The van der Waals surface area contributed by atoms with Gasteiger partial charge in [0.15, 0.2) is 0 Å². The third-order valence-corrected chi connectivity index (χ3v) is 8.52. The summed E-state index contributed by atoms with van der Waals surface area (Å²) in [4.78, 5) is 16.8. The van der Waals surface area contributed by atoms with E-state index < -0.39 is 5.79 Å². The first-order valence-corrected chi connectivity index (χ1v) is 16.1. The van der Waals surface area contributed by atoms with E-state index in [0.29, 0.717) is 39.4 Å². The minimum atomic E-state index is -1.04.